The molecule has 1 fully saturated rings. The Morgan fingerprint density at radius 2 is 2.00 bits per heavy atom. The van der Waals surface area contributed by atoms with Crippen molar-refractivity contribution >= 4 is 23.6 Å². The zero-order valence-corrected chi connectivity index (χ0v) is 16.3. The van der Waals surface area contributed by atoms with Crippen LogP contribution in [-0.2, 0) is 16.0 Å². The van der Waals surface area contributed by atoms with Crippen molar-refractivity contribution in [2.45, 2.75) is 44.2 Å². The summed E-state index contributed by atoms with van der Waals surface area (Å²) in [5.41, 5.74) is 0.367. The first kappa shape index (κ1) is 22.4. The van der Waals surface area contributed by atoms with E-state index in [1.807, 2.05) is 0 Å². The largest absolute Gasteiger partial charge is 0.481 e. The molecule has 1 aromatic carbocycles. The summed E-state index contributed by atoms with van der Waals surface area (Å²) in [5, 5.41) is 18.7. The summed E-state index contributed by atoms with van der Waals surface area (Å²) in [4.78, 5) is 24.3. The summed E-state index contributed by atoms with van der Waals surface area (Å²) in [6.45, 7) is 0.566. The summed E-state index contributed by atoms with van der Waals surface area (Å²) >= 11 is 1.61. The molecular formula is C20H25F2NO4S. The summed E-state index contributed by atoms with van der Waals surface area (Å²) in [6, 6.07) is 3.05. The molecule has 154 valence electrons. The lowest BCUT2D eigenvalue weighted by molar-refractivity contribution is -0.137. The smallest absolute Gasteiger partial charge is 0.303 e. The second-order valence-electron chi connectivity index (χ2n) is 6.74. The minimum atomic E-state index is -0.899. The molecule has 1 aliphatic rings. The van der Waals surface area contributed by atoms with Crippen LogP contribution in [0, 0.1) is 11.6 Å². The molecule has 1 aliphatic heterocycles. The van der Waals surface area contributed by atoms with Crippen LogP contribution in [0.15, 0.2) is 30.4 Å². The summed E-state index contributed by atoms with van der Waals surface area (Å²) in [7, 11) is 0. The summed E-state index contributed by atoms with van der Waals surface area (Å²) < 4.78 is 26.4. The van der Waals surface area contributed by atoms with Gasteiger partial charge in [-0.3, -0.25) is 9.59 Å². The van der Waals surface area contributed by atoms with Crippen LogP contribution in [0.25, 0.3) is 0 Å². The highest BCUT2D eigenvalue weighted by atomic mass is 32.2. The van der Waals surface area contributed by atoms with E-state index in [4.69, 9.17) is 5.11 Å². The molecule has 0 radical (unpaired) electrons. The van der Waals surface area contributed by atoms with Gasteiger partial charge in [-0.15, -0.1) is 0 Å². The number of halogens is 2. The van der Waals surface area contributed by atoms with Crippen molar-refractivity contribution in [3.05, 3.63) is 47.5 Å². The van der Waals surface area contributed by atoms with Gasteiger partial charge in [-0.25, -0.2) is 8.78 Å². The van der Waals surface area contributed by atoms with Crippen LogP contribution in [0.5, 0.6) is 0 Å². The molecule has 0 spiro atoms. The number of nitrogens with zero attached hydrogens (tertiary/aromatic N) is 1. The third-order valence-electron chi connectivity index (χ3n) is 4.45. The van der Waals surface area contributed by atoms with Gasteiger partial charge in [0.2, 0.25) is 5.91 Å². The molecule has 1 saturated heterocycles. The monoisotopic (exact) mass is 413 g/mol. The van der Waals surface area contributed by atoms with E-state index < -0.39 is 23.7 Å². The van der Waals surface area contributed by atoms with Gasteiger partial charge in [0.05, 0.1) is 12.1 Å². The molecule has 2 rings (SSSR count). The number of hydrogen-bond acceptors (Lipinski definition) is 4. The first-order valence-electron chi connectivity index (χ1n) is 9.25. The van der Waals surface area contributed by atoms with Gasteiger partial charge in [0, 0.05) is 37.6 Å². The Labute approximate surface area is 167 Å². The molecular weight excluding hydrogens is 388 g/mol. The summed E-state index contributed by atoms with van der Waals surface area (Å²) in [5.74, 6) is -0.653. The Balaban J connectivity index is 1.80. The predicted octanol–water partition coefficient (Wildman–Crippen LogP) is 3.01. The van der Waals surface area contributed by atoms with E-state index in [9.17, 15) is 23.5 Å². The quantitative estimate of drug-likeness (QED) is 0.431. The highest BCUT2D eigenvalue weighted by Crippen LogP contribution is 2.21. The molecule has 0 aliphatic carbocycles. The maximum atomic E-state index is 13.2. The number of amides is 1. The molecule has 0 unspecified atom stereocenters. The number of carboxylic acids is 1. The average molecular weight is 413 g/mol. The van der Waals surface area contributed by atoms with Gasteiger partial charge < -0.3 is 15.1 Å². The number of aliphatic carboxylic acids is 1. The zero-order valence-electron chi connectivity index (χ0n) is 15.5. The lowest BCUT2D eigenvalue weighted by atomic mass is 10.1. The normalized spacial score (nSPS) is 18.2. The molecule has 28 heavy (non-hydrogen) atoms. The molecule has 2 atom stereocenters. The molecule has 5 nitrogen and oxygen atoms in total. The third-order valence-corrected chi connectivity index (χ3v) is 5.50. The SMILES string of the molecule is O=C(O)CCCSCCN1C(=O)CC[C@@H]1C=C[C@@H](O)Cc1cc(F)cc(F)c1. The standard InChI is InChI=1S/C20H25F2NO4S/c21-15-10-14(11-16(22)13-15)12-18(24)5-3-17-4-6-19(25)23(17)7-9-28-8-1-2-20(26)27/h3,5,10-11,13,17-18,24H,1-2,4,6-9,12H2,(H,26,27)/t17-,18+/m0/s1. The zero-order chi connectivity index (χ0) is 20.5. The molecule has 0 aromatic heterocycles. The average Bonchev–Trinajstić information content (AvgIpc) is 2.95. The van der Waals surface area contributed by atoms with Crippen molar-refractivity contribution < 1.29 is 28.6 Å². The molecule has 1 aromatic rings. The Morgan fingerprint density at radius 1 is 1.29 bits per heavy atom. The number of thioether (sulfide) groups is 1. The maximum absolute atomic E-state index is 13.2. The van der Waals surface area contributed by atoms with E-state index in [-0.39, 0.29) is 24.8 Å². The number of hydrogen-bond donors (Lipinski definition) is 2. The van der Waals surface area contributed by atoms with Gasteiger partial charge in [-0.2, -0.15) is 11.8 Å². The van der Waals surface area contributed by atoms with E-state index in [1.165, 1.54) is 12.1 Å². The summed E-state index contributed by atoms with van der Waals surface area (Å²) in [6.07, 6.45) is 4.40. The van der Waals surface area contributed by atoms with Crippen molar-refractivity contribution in [1.82, 2.24) is 4.90 Å². The van der Waals surface area contributed by atoms with Crippen LogP contribution in [0.2, 0.25) is 0 Å². The van der Waals surface area contributed by atoms with E-state index in [2.05, 4.69) is 0 Å². The number of aliphatic hydroxyl groups is 1. The number of likely N-dealkylation sites (tertiary alicyclic amines) is 1. The van der Waals surface area contributed by atoms with Crippen LogP contribution < -0.4 is 0 Å². The molecule has 0 saturated carbocycles. The van der Waals surface area contributed by atoms with E-state index in [1.54, 1.807) is 28.8 Å². The predicted molar refractivity (Wildman–Crippen MR) is 104 cm³/mol. The van der Waals surface area contributed by atoms with Gasteiger partial charge >= 0.3 is 5.97 Å². The molecule has 0 bridgehead atoms. The highest BCUT2D eigenvalue weighted by molar-refractivity contribution is 7.99. The van der Waals surface area contributed by atoms with Crippen molar-refractivity contribution in [3.63, 3.8) is 0 Å². The van der Waals surface area contributed by atoms with E-state index in [0.29, 0.717) is 31.4 Å². The molecule has 1 heterocycles. The van der Waals surface area contributed by atoms with Crippen LogP contribution in [0.4, 0.5) is 8.78 Å². The fraction of sp³-hybridized carbons (Fsp3) is 0.500. The molecule has 2 N–H and O–H groups in total. The lowest BCUT2D eigenvalue weighted by Gasteiger charge is -2.22. The van der Waals surface area contributed by atoms with E-state index >= 15 is 0 Å². The number of aliphatic hydroxyl groups excluding tert-OH is 1. The van der Waals surface area contributed by atoms with E-state index in [0.717, 1.165) is 17.6 Å². The maximum Gasteiger partial charge on any atom is 0.303 e. The molecule has 8 heteroatoms. The highest BCUT2D eigenvalue weighted by Gasteiger charge is 2.28. The van der Waals surface area contributed by atoms with Gasteiger partial charge in [-0.05, 0) is 36.3 Å². The number of carboxylic acid groups (broad SMARTS) is 1. The topological polar surface area (TPSA) is 77.8 Å². The number of benzene rings is 1. The van der Waals surface area contributed by atoms with Crippen LogP contribution in [0.3, 0.4) is 0 Å². The first-order valence-corrected chi connectivity index (χ1v) is 10.4. The van der Waals surface area contributed by atoms with Crippen LogP contribution in [0.1, 0.15) is 31.2 Å². The molecule has 1 amide bonds. The van der Waals surface area contributed by atoms with Gasteiger partial charge in [0.1, 0.15) is 11.6 Å². The number of carbonyl (C=O) groups is 2. The van der Waals surface area contributed by atoms with Crippen molar-refractivity contribution in [1.29, 1.82) is 0 Å². The minimum absolute atomic E-state index is 0.0578. The third kappa shape index (κ3) is 7.59. The fourth-order valence-corrected chi connectivity index (χ4v) is 4.01. The second-order valence-corrected chi connectivity index (χ2v) is 7.96. The van der Waals surface area contributed by atoms with Gasteiger partial charge in [-0.1, -0.05) is 12.2 Å². The Morgan fingerprint density at radius 3 is 2.68 bits per heavy atom. The fourth-order valence-electron chi connectivity index (χ4n) is 3.13. The van der Waals surface area contributed by atoms with Crippen molar-refractivity contribution in [2.75, 3.05) is 18.1 Å². The van der Waals surface area contributed by atoms with Crippen LogP contribution in [-0.4, -0.2) is 57.2 Å². The number of carbonyl (C=O) groups excluding carboxylic acids is 1. The first-order chi connectivity index (χ1) is 13.3. The minimum Gasteiger partial charge on any atom is -0.481 e. The lowest BCUT2D eigenvalue weighted by Crippen LogP contribution is -2.34. The van der Waals surface area contributed by atoms with Gasteiger partial charge in [0.15, 0.2) is 0 Å². The Hall–Kier alpha value is -1.93. The Bertz CT molecular complexity index is 693. The van der Waals surface area contributed by atoms with Crippen molar-refractivity contribution in [3.8, 4) is 0 Å². The number of rotatable bonds is 11. The van der Waals surface area contributed by atoms with Gasteiger partial charge in [0.25, 0.3) is 0 Å². The second kappa shape index (κ2) is 11.2. The Kier molecular flexibility index (Phi) is 8.92. The van der Waals surface area contributed by atoms with Crippen molar-refractivity contribution in [2.24, 2.45) is 0 Å². The van der Waals surface area contributed by atoms with Crippen LogP contribution >= 0.6 is 11.8 Å².